The Bertz CT molecular complexity index is 245. The average Bonchev–Trinajstić information content (AvgIpc) is 2.65. The molecule has 0 bridgehead atoms. The fourth-order valence-electron chi connectivity index (χ4n) is 1.24. The Morgan fingerprint density at radius 2 is 2.29 bits per heavy atom. The van der Waals surface area contributed by atoms with Gasteiger partial charge in [0.2, 0.25) is 0 Å². The highest BCUT2D eigenvalue weighted by Gasteiger charge is 1.94. The van der Waals surface area contributed by atoms with Crippen LogP contribution in [0.25, 0.3) is 0 Å². The highest BCUT2D eigenvalue weighted by Crippen LogP contribution is 2.00. The first-order valence-corrected chi connectivity index (χ1v) is 5.20. The van der Waals surface area contributed by atoms with Crippen LogP contribution in [0.5, 0.6) is 0 Å². The second-order valence-electron chi connectivity index (χ2n) is 3.38. The number of ether oxygens (including phenoxy) is 1. The van der Waals surface area contributed by atoms with E-state index in [1.165, 1.54) is 6.42 Å². The SMILES string of the molecule is CCCCOCCn1ccc(CO)c1. The van der Waals surface area contributed by atoms with Crippen LogP contribution >= 0.6 is 0 Å². The summed E-state index contributed by atoms with van der Waals surface area (Å²) in [5, 5.41) is 8.85. The van der Waals surface area contributed by atoms with Crippen molar-refractivity contribution in [1.82, 2.24) is 4.57 Å². The summed E-state index contributed by atoms with van der Waals surface area (Å²) in [5.74, 6) is 0. The number of aliphatic hydroxyl groups excluding tert-OH is 1. The first-order chi connectivity index (χ1) is 6.86. The summed E-state index contributed by atoms with van der Waals surface area (Å²) in [6, 6.07) is 1.92. The molecule has 0 amide bonds. The van der Waals surface area contributed by atoms with E-state index in [0.29, 0.717) is 0 Å². The summed E-state index contributed by atoms with van der Waals surface area (Å²) in [6.45, 7) is 4.74. The molecule has 0 saturated heterocycles. The molecule has 0 aliphatic carbocycles. The van der Waals surface area contributed by atoms with Crippen LogP contribution in [0.2, 0.25) is 0 Å². The molecule has 0 saturated carbocycles. The molecule has 80 valence electrons. The fourth-order valence-corrected chi connectivity index (χ4v) is 1.24. The first-order valence-electron chi connectivity index (χ1n) is 5.20. The van der Waals surface area contributed by atoms with Crippen LogP contribution in [-0.4, -0.2) is 22.9 Å². The Morgan fingerprint density at radius 3 is 2.93 bits per heavy atom. The van der Waals surface area contributed by atoms with Gasteiger partial charge in [0.15, 0.2) is 0 Å². The Kier molecular flexibility index (Phi) is 5.33. The summed E-state index contributed by atoms with van der Waals surface area (Å²) in [7, 11) is 0. The highest BCUT2D eigenvalue weighted by atomic mass is 16.5. The number of aliphatic hydroxyl groups is 1. The molecule has 14 heavy (non-hydrogen) atoms. The molecule has 0 aromatic carbocycles. The molecule has 0 aliphatic rings. The minimum Gasteiger partial charge on any atom is -0.392 e. The standard InChI is InChI=1S/C11H19NO2/c1-2-3-7-14-8-6-12-5-4-11(9-12)10-13/h4-5,9,13H,2-3,6-8,10H2,1H3. The van der Waals surface area contributed by atoms with E-state index in [2.05, 4.69) is 6.92 Å². The van der Waals surface area contributed by atoms with Gasteiger partial charge in [0.05, 0.1) is 13.2 Å². The predicted molar refractivity (Wildman–Crippen MR) is 56.1 cm³/mol. The maximum atomic E-state index is 8.85. The van der Waals surface area contributed by atoms with Crippen LogP contribution < -0.4 is 0 Å². The molecule has 0 fully saturated rings. The van der Waals surface area contributed by atoms with E-state index in [0.717, 1.165) is 31.7 Å². The van der Waals surface area contributed by atoms with E-state index >= 15 is 0 Å². The van der Waals surface area contributed by atoms with E-state index in [-0.39, 0.29) is 6.61 Å². The number of nitrogens with zero attached hydrogens (tertiary/aromatic N) is 1. The maximum absolute atomic E-state index is 8.85. The van der Waals surface area contributed by atoms with Crippen molar-refractivity contribution in [2.45, 2.75) is 32.9 Å². The third-order valence-corrected chi connectivity index (χ3v) is 2.13. The van der Waals surface area contributed by atoms with Gasteiger partial charge in [0.1, 0.15) is 0 Å². The van der Waals surface area contributed by atoms with Gasteiger partial charge in [0.25, 0.3) is 0 Å². The van der Waals surface area contributed by atoms with Gasteiger partial charge in [-0.3, -0.25) is 0 Å². The quantitative estimate of drug-likeness (QED) is 0.676. The number of hydrogen-bond acceptors (Lipinski definition) is 2. The van der Waals surface area contributed by atoms with Crippen LogP contribution in [0.1, 0.15) is 25.3 Å². The smallest absolute Gasteiger partial charge is 0.0696 e. The predicted octanol–water partition coefficient (Wildman–Crippen LogP) is 1.80. The molecule has 0 spiro atoms. The Labute approximate surface area is 85.3 Å². The lowest BCUT2D eigenvalue weighted by molar-refractivity contribution is 0.123. The third kappa shape index (κ3) is 3.94. The normalized spacial score (nSPS) is 10.7. The third-order valence-electron chi connectivity index (χ3n) is 2.13. The highest BCUT2D eigenvalue weighted by molar-refractivity contribution is 5.08. The molecule has 3 nitrogen and oxygen atoms in total. The molecule has 0 radical (unpaired) electrons. The zero-order valence-corrected chi connectivity index (χ0v) is 8.78. The monoisotopic (exact) mass is 197 g/mol. The van der Waals surface area contributed by atoms with E-state index in [1.807, 2.05) is 23.0 Å². The molecule has 0 aliphatic heterocycles. The van der Waals surface area contributed by atoms with Crippen molar-refractivity contribution in [1.29, 1.82) is 0 Å². The lowest BCUT2D eigenvalue weighted by Crippen LogP contribution is -2.04. The van der Waals surface area contributed by atoms with Crippen LogP contribution in [0, 0.1) is 0 Å². The van der Waals surface area contributed by atoms with Gasteiger partial charge in [-0.2, -0.15) is 0 Å². The topological polar surface area (TPSA) is 34.4 Å². The first kappa shape index (κ1) is 11.3. The average molecular weight is 197 g/mol. The molecule has 3 heteroatoms. The Morgan fingerprint density at radius 1 is 1.43 bits per heavy atom. The van der Waals surface area contributed by atoms with Gasteiger partial charge in [-0.15, -0.1) is 0 Å². The van der Waals surface area contributed by atoms with Gasteiger partial charge < -0.3 is 14.4 Å². The van der Waals surface area contributed by atoms with Gasteiger partial charge >= 0.3 is 0 Å². The molecule has 1 heterocycles. The van der Waals surface area contributed by atoms with Crippen molar-refractivity contribution >= 4 is 0 Å². The van der Waals surface area contributed by atoms with Crippen molar-refractivity contribution < 1.29 is 9.84 Å². The largest absolute Gasteiger partial charge is 0.392 e. The number of hydrogen-bond donors (Lipinski definition) is 1. The zero-order valence-electron chi connectivity index (χ0n) is 8.78. The number of aromatic nitrogens is 1. The zero-order chi connectivity index (χ0) is 10.2. The molecule has 1 rings (SSSR count). The van der Waals surface area contributed by atoms with Crippen molar-refractivity contribution in [3.05, 3.63) is 24.0 Å². The minimum atomic E-state index is 0.115. The fraction of sp³-hybridized carbons (Fsp3) is 0.636. The summed E-state index contributed by atoms with van der Waals surface area (Å²) in [6.07, 6.45) is 6.23. The van der Waals surface area contributed by atoms with Crippen molar-refractivity contribution in [2.24, 2.45) is 0 Å². The van der Waals surface area contributed by atoms with Crippen molar-refractivity contribution in [3.8, 4) is 0 Å². The lowest BCUT2D eigenvalue weighted by atomic mass is 10.4. The van der Waals surface area contributed by atoms with Gasteiger partial charge in [0, 0.05) is 25.5 Å². The maximum Gasteiger partial charge on any atom is 0.0696 e. The molecular weight excluding hydrogens is 178 g/mol. The van der Waals surface area contributed by atoms with Crippen LogP contribution in [0.3, 0.4) is 0 Å². The number of unbranched alkanes of at least 4 members (excludes halogenated alkanes) is 1. The Balaban J connectivity index is 2.12. The van der Waals surface area contributed by atoms with Crippen molar-refractivity contribution in [2.75, 3.05) is 13.2 Å². The summed E-state index contributed by atoms with van der Waals surface area (Å²) < 4.78 is 7.48. The molecular formula is C11H19NO2. The van der Waals surface area contributed by atoms with Gasteiger partial charge in [-0.25, -0.2) is 0 Å². The van der Waals surface area contributed by atoms with Gasteiger partial charge in [-0.05, 0) is 18.1 Å². The molecule has 0 atom stereocenters. The van der Waals surface area contributed by atoms with Crippen LogP contribution in [0.4, 0.5) is 0 Å². The van der Waals surface area contributed by atoms with E-state index in [1.54, 1.807) is 0 Å². The summed E-state index contributed by atoms with van der Waals surface area (Å²) in [5.41, 5.74) is 0.957. The molecule has 1 aromatic rings. The van der Waals surface area contributed by atoms with E-state index in [4.69, 9.17) is 9.84 Å². The number of rotatable bonds is 7. The Hall–Kier alpha value is -0.800. The van der Waals surface area contributed by atoms with Crippen LogP contribution in [0.15, 0.2) is 18.5 Å². The second-order valence-corrected chi connectivity index (χ2v) is 3.38. The van der Waals surface area contributed by atoms with Crippen molar-refractivity contribution in [3.63, 3.8) is 0 Å². The summed E-state index contributed by atoms with van der Waals surface area (Å²) >= 11 is 0. The van der Waals surface area contributed by atoms with Crippen LogP contribution in [-0.2, 0) is 17.9 Å². The lowest BCUT2D eigenvalue weighted by Gasteiger charge is -2.04. The molecule has 1 aromatic heterocycles. The minimum absolute atomic E-state index is 0.115. The second kappa shape index (κ2) is 6.62. The van der Waals surface area contributed by atoms with E-state index < -0.39 is 0 Å². The summed E-state index contributed by atoms with van der Waals surface area (Å²) in [4.78, 5) is 0. The van der Waals surface area contributed by atoms with E-state index in [9.17, 15) is 0 Å². The molecule has 1 N–H and O–H groups in total. The molecule has 0 unspecified atom stereocenters. The van der Waals surface area contributed by atoms with Gasteiger partial charge in [-0.1, -0.05) is 13.3 Å².